The Morgan fingerprint density at radius 2 is 1.62 bits per heavy atom. The van der Waals surface area contributed by atoms with Gasteiger partial charge in [-0.25, -0.2) is 17.2 Å². The number of halogens is 3. The Bertz CT molecular complexity index is 976. The van der Waals surface area contributed by atoms with Crippen molar-refractivity contribution in [2.75, 3.05) is 43.4 Å². The molecule has 29 heavy (non-hydrogen) atoms. The highest BCUT2D eigenvalue weighted by Gasteiger charge is 2.27. The molecule has 1 aliphatic rings. The first kappa shape index (κ1) is 21.5. The minimum absolute atomic E-state index is 0.250. The fraction of sp³-hybridized carbons (Fsp3) is 0.316. The van der Waals surface area contributed by atoms with Crippen LogP contribution < -0.4 is 10.2 Å². The number of hydrogen-bond acceptors (Lipinski definition) is 4. The van der Waals surface area contributed by atoms with Gasteiger partial charge in [-0.2, -0.15) is 4.31 Å². The maximum atomic E-state index is 13.6. The number of hydrogen-bond donors (Lipinski definition) is 1. The summed E-state index contributed by atoms with van der Waals surface area (Å²) >= 11 is 6.19. The molecule has 1 amide bonds. The number of benzene rings is 2. The van der Waals surface area contributed by atoms with Crippen LogP contribution in [0.5, 0.6) is 0 Å². The third-order valence-corrected chi connectivity index (χ3v) is 6.85. The summed E-state index contributed by atoms with van der Waals surface area (Å²) < 4.78 is 53.6. The normalized spacial score (nSPS) is 15.3. The van der Waals surface area contributed by atoms with E-state index in [1.807, 2.05) is 23.1 Å². The van der Waals surface area contributed by atoms with Crippen molar-refractivity contribution in [2.24, 2.45) is 0 Å². The summed E-state index contributed by atoms with van der Waals surface area (Å²) in [6.07, 6.45) is 0. The molecule has 6 nitrogen and oxygen atoms in total. The third kappa shape index (κ3) is 5.04. The van der Waals surface area contributed by atoms with E-state index in [1.165, 1.54) is 4.31 Å². The summed E-state index contributed by atoms with van der Waals surface area (Å²) in [6.45, 7) is 1.28. The van der Waals surface area contributed by atoms with Crippen LogP contribution in [0.1, 0.15) is 10.4 Å². The van der Waals surface area contributed by atoms with Crippen LogP contribution in [0.15, 0.2) is 42.5 Å². The molecule has 0 radical (unpaired) electrons. The molecule has 0 aromatic heterocycles. The Hall–Kier alpha value is -2.23. The van der Waals surface area contributed by atoms with E-state index in [0.717, 1.165) is 23.9 Å². The fourth-order valence-corrected chi connectivity index (χ4v) is 4.73. The summed E-state index contributed by atoms with van der Waals surface area (Å²) in [7, 11) is -3.63. The third-order valence-electron chi connectivity index (χ3n) is 4.66. The number of carbonyl (C=O) groups excluding carboxylic acids is 1. The molecule has 1 heterocycles. The molecule has 3 rings (SSSR count). The molecule has 156 valence electrons. The molecule has 0 spiro atoms. The van der Waals surface area contributed by atoms with E-state index >= 15 is 0 Å². The number of carbonyl (C=O) groups is 1. The number of para-hydroxylation sites is 1. The average molecular weight is 444 g/mol. The SMILES string of the molecule is O=C(NCCS(=O)(=O)N1CCN(c2ccccc2Cl)CC1)c1c(F)cccc1F. The Morgan fingerprint density at radius 3 is 2.24 bits per heavy atom. The number of piperazine rings is 1. The van der Waals surface area contributed by atoms with Gasteiger partial charge in [0.05, 0.1) is 16.5 Å². The average Bonchev–Trinajstić information content (AvgIpc) is 2.68. The zero-order valence-corrected chi connectivity index (χ0v) is 17.0. The largest absolute Gasteiger partial charge is 0.368 e. The topological polar surface area (TPSA) is 69.7 Å². The van der Waals surface area contributed by atoms with Gasteiger partial charge in [0.2, 0.25) is 10.0 Å². The van der Waals surface area contributed by atoms with Crippen molar-refractivity contribution in [3.63, 3.8) is 0 Å². The van der Waals surface area contributed by atoms with Gasteiger partial charge in [-0.1, -0.05) is 29.8 Å². The molecule has 2 aromatic carbocycles. The van der Waals surface area contributed by atoms with Crippen molar-refractivity contribution in [3.8, 4) is 0 Å². The van der Waals surface area contributed by atoms with Gasteiger partial charge < -0.3 is 10.2 Å². The van der Waals surface area contributed by atoms with E-state index in [1.54, 1.807) is 6.07 Å². The molecule has 0 aliphatic carbocycles. The maximum Gasteiger partial charge on any atom is 0.257 e. The van der Waals surface area contributed by atoms with E-state index in [2.05, 4.69) is 5.32 Å². The van der Waals surface area contributed by atoms with Crippen molar-refractivity contribution >= 4 is 33.2 Å². The summed E-state index contributed by atoms with van der Waals surface area (Å²) in [5.41, 5.74) is 0.128. The van der Waals surface area contributed by atoms with Crippen molar-refractivity contribution in [1.82, 2.24) is 9.62 Å². The highest BCUT2D eigenvalue weighted by Crippen LogP contribution is 2.26. The summed E-state index contributed by atoms with van der Waals surface area (Å²) in [5.74, 6) is -3.34. The Labute approximate surface area is 173 Å². The number of rotatable bonds is 6. The monoisotopic (exact) mass is 443 g/mol. The van der Waals surface area contributed by atoms with Crippen LogP contribution in [0.2, 0.25) is 5.02 Å². The smallest absolute Gasteiger partial charge is 0.257 e. The number of sulfonamides is 1. The lowest BCUT2D eigenvalue weighted by Crippen LogP contribution is -2.50. The highest BCUT2D eigenvalue weighted by molar-refractivity contribution is 7.89. The number of nitrogens with zero attached hydrogens (tertiary/aromatic N) is 2. The van der Waals surface area contributed by atoms with Crippen LogP contribution in [-0.4, -0.2) is 57.1 Å². The zero-order chi connectivity index (χ0) is 21.0. The first-order valence-corrected chi connectivity index (χ1v) is 11.0. The van der Waals surface area contributed by atoms with E-state index in [-0.39, 0.29) is 25.4 Å². The van der Waals surface area contributed by atoms with Crippen molar-refractivity contribution in [3.05, 3.63) is 64.7 Å². The van der Waals surface area contributed by atoms with Gasteiger partial charge in [-0.15, -0.1) is 0 Å². The molecule has 0 saturated carbocycles. The first-order valence-electron chi connectivity index (χ1n) is 8.99. The van der Waals surface area contributed by atoms with Gasteiger partial charge in [0.25, 0.3) is 5.91 Å². The van der Waals surface area contributed by atoms with Crippen LogP contribution in [0.25, 0.3) is 0 Å². The molecule has 0 atom stereocenters. The molecule has 2 aromatic rings. The molecule has 1 aliphatic heterocycles. The minimum Gasteiger partial charge on any atom is -0.368 e. The number of anilines is 1. The second-order valence-corrected chi connectivity index (χ2v) is 9.00. The highest BCUT2D eigenvalue weighted by atomic mass is 35.5. The number of amides is 1. The summed E-state index contributed by atoms with van der Waals surface area (Å²) in [4.78, 5) is 14.0. The second-order valence-electron chi connectivity index (χ2n) is 6.51. The molecule has 1 N–H and O–H groups in total. The molecule has 0 unspecified atom stereocenters. The quantitative estimate of drug-likeness (QED) is 0.744. The Balaban J connectivity index is 1.53. The summed E-state index contributed by atoms with van der Waals surface area (Å²) in [5, 5.41) is 2.87. The molecule has 10 heteroatoms. The van der Waals surface area contributed by atoms with Crippen molar-refractivity contribution < 1.29 is 22.0 Å². The van der Waals surface area contributed by atoms with E-state index in [0.29, 0.717) is 18.1 Å². The molecule has 0 bridgehead atoms. The van der Waals surface area contributed by atoms with Gasteiger partial charge in [-0.05, 0) is 24.3 Å². The van der Waals surface area contributed by atoms with E-state index in [9.17, 15) is 22.0 Å². The first-order chi connectivity index (χ1) is 13.8. The summed E-state index contributed by atoms with van der Waals surface area (Å²) in [6, 6.07) is 10.4. The number of nitrogens with one attached hydrogen (secondary N) is 1. The van der Waals surface area contributed by atoms with Gasteiger partial charge in [0.1, 0.15) is 17.2 Å². The molecule has 1 fully saturated rings. The van der Waals surface area contributed by atoms with Crippen LogP contribution in [0.4, 0.5) is 14.5 Å². The lowest BCUT2D eigenvalue weighted by Gasteiger charge is -2.35. The maximum absolute atomic E-state index is 13.6. The Kier molecular flexibility index (Phi) is 6.71. The van der Waals surface area contributed by atoms with Crippen LogP contribution in [0, 0.1) is 11.6 Å². The van der Waals surface area contributed by atoms with Crippen molar-refractivity contribution in [1.29, 1.82) is 0 Å². The van der Waals surface area contributed by atoms with Gasteiger partial charge in [0, 0.05) is 32.7 Å². The van der Waals surface area contributed by atoms with Crippen LogP contribution >= 0.6 is 11.6 Å². The second kappa shape index (κ2) is 9.06. The van der Waals surface area contributed by atoms with Crippen LogP contribution in [0.3, 0.4) is 0 Å². The lowest BCUT2D eigenvalue weighted by molar-refractivity contribution is 0.0947. The lowest BCUT2D eigenvalue weighted by atomic mass is 10.2. The van der Waals surface area contributed by atoms with Gasteiger partial charge >= 0.3 is 0 Å². The Morgan fingerprint density at radius 1 is 1.00 bits per heavy atom. The molecule has 1 saturated heterocycles. The van der Waals surface area contributed by atoms with E-state index < -0.39 is 33.1 Å². The van der Waals surface area contributed by atoms with Crippen LogP contribution in [-0.2, 0) is 10.0 Å². The standard InChI is InChI=1S/C19H20ClF2N3O3S/c20-14-4-1-2-7-17(14)24-9-11-25(12-10-24)29(27,28)13-8-23-19(26)18-15(21)5-3-6-16(18)22/h1-7H,8-13H2,(H,23,26). The van der Waals surface area contributed by atoms with Crippen molar-refractivity contribution in [2.45, 2.75) is 0 Å². The zero-order valence-electron chi connectivity index (χ0n) is 15.4. The predicted molar refractivity (Wildman–Crippen MR) is 108 cm³/mol. The fourth-order valence-electron chi connectivity index (χ4n) is 3.14. The minimum atomic E-state index is -3.63. The van der Waals surface area contributed by atoms with E-state index in [4.69, 9.17) is 11.6 Å². The van der Waals surface area contributed by atoms with Gasteiger partial charge in [0.15, 0.2) is 0 Å². The predicted octanol–water partition coefficient (Wildman–Crippen LogP) is 2.50. The van der Waals surface area contributed by atoms with Gasteiger partial charge in [-0.3, -0.25) is 4.79 Å². The molecular formula is C19H20ClF2N3O3S. The molecular weight excluding hydrogens is 424 g/mol.